The van der Waals surface area contributed by atoms with Crippen molar-refractivity contribution in [2.45, 2.75) is 46.1 Å². The summed E-state index contributed by atoms with van der Waals surface area (Å²) in [5.74, 6) is 0. The molecule has 0 unspecified atom stereocenters. The third kappa shape index (κ3) is 2.02. The Morgan fingerprint density at radius 3 is 2.46 bits per heavy atom. The molecule has 1 N–H and O–H groups in total. The predicted molar refractivity (Wildman–Crippen MR) is 58.6 cm³/mol. The van der Waals surface area contributed by atoms with Crippen LogP contribution in [0.15, 0.2) is 6.20 Å². The Kier molecular flexibility index (Phi) is 3.72. The van der Waals surface area contributed by atoms with Crippen molar-refractivity contribution in [3.63, 3.8) is 0 Å². The van der Waals surface area contributed by atoms with Gasteiger partial charge in [-0.05, 0) is 31.5 Å². The third-order valence-corrected chi connectivity index (χ3v) is 2.87. The van der Waals surface area contributed by atoms with E-state index in [9.17, 15) is 0 Å². The van der Waals surface area contributed by atoms with Crippen molar-refractivity contribution >= 4 is 12.2 Å². The highest BCUT2D eigenvalue weighted by Gasteiger charge is 2.10. The Labute approximate surface area is 85.0 Å². The molecule has 0 atom stereocenters. The fraction of sp³-hybridized carbons (Fsp3) is 0.700. The van der Waals surface area contributed by atoms with Crippen molar-refractivity contribution in [3.8, 4) is 0 Å². The van der Waals surface area contributed by atoms with Gasteiger partial charge in [0.15, 0.2) is 4.77 Å². The molecule has 0 aromatic carbocycles. The average Bonchev–Trinajstić information content (AvgIpc) is 2.51. The molecule has 1 aromatic heterocycles. The summed E-state index contributed by atoms with van der Waals surface area (Å²) in [6, 6.07) is 0.564. The van der Waals surface area contributed by atoms with Crippen LogP contribution in [0.4, 0.5) is 0 Å². The highest BCUT2D eigenvalue weighted by molar-refractivity contribution is 7.71. The zero-order valence-corrected chi connectivity index (χ0v) is 9.45. The van der Waals surface area contributed by atoms with E-state index in [1.54, 1.807) is 0 Å². The molecule has 0 radical (unpaired) electrons. The second-order valence-electron chi connectivity index (χ2n) is 3.28. The molecule has 0 aliphatic heterocycles. The molecule has 0 saturated heterocycles. The van der Waals surface area contributed by atoms with Crippen LogP contribution in [0.5, 0.6) is 0 Å². The monoisotopic (exact) mass is 198 g/mol. The van der Waals surface area contributed by atoms with Crippen LogP contribution >= 0.6 is 12.2 Å². The van der Waals surface area contributed by atoms with Gasteiger partial charge in [0.25, 0.3) is 0 Å². The van der Waals surface area contributed by atoms with Gasteiger partial charge in [-0.1, -0.05) is 20.8 Å². The summed E-state index contributed by atoms with van der Waals surface area (Å²) in [7, 11) is 0. The molecule has 13 heavy (non-hydrogen) atoms. The van der Waals surface area contributed by atoms with E-state index in [-0.39, 0.29) is 0 Å². The van der Waals surface area contributed by atoms with E-state index in [0.29, 0.717) is 6.04 Å². The van der Waals surface area contributed by atoms with Crippen molar-refractivity contribution in [2.24, 2.45) is 0 Å². The molecule has 0 amide bonds. The maximum absolute atomic E-state index is 5.26. The first kappa shape index (κ1) is 10.5. The van der Waals surface area contributed by atoms with Gasteiger partial charge in [0.2, 0.25) is 0 Å². The van der Waals surface area contributed by atoms with Crippen LogP contribution in [0.1, 0.15) is 45.3 Å². The maximum atomic E-state index is 5.26. The molecular formula is C10H18N2S. The first-order valence-electron chi connectivity index (χ1n) is 5.03. The van der Waals surface area contributed by atoms with Crippen LogP contribution in [0.3, 0.4) is 0 Å². The predicted octanol–water partition coefficient (Wildman–Crippen LogP) is 3.47. The Morgan fingerprint density at radius 2 is 2.00 bits per heavy atom. The van der Waals surface area contributed by atoms with Crippen molar-refractivity contribution < 1.29 is 0 Å². The maximum Gasteiger partial charge on any atom is 0.177 e. The summed E-state index contributed by atoms with van der Waals surface area (Å²) in [6.45, 7) is 6.58. The molecule has 74 valence electrons. The van der Waals surface area contributed by atoms with Crippen LogP contribution in [0.2, 0.25) is 0 Å². The van der Waals surface area contributed by atoms with E-state index >= 15 is 0 Å². The lowest BCUT2D eigenvalue weighted by Gasteiger charge is -2.17. The van der Waals surface area contributed by atoms with Gasteiger partial charge in [-0.3, -0.25) is 0 Å². The Balaban J connectivity index is 3.09. The van der Waals surface area contributed by atoms with E-state index in [1.807, 2.05) is 6.20 Å². The van der Waals surface area contributed by atoms with Gasteiger partial charge < -0.3 is 9.55 Å². The quantitative estimate of drug-likeness (QED) is 0.735. The number of hydrogen-bond donors (Lipinski definition) is 1. The van der Waals surface area contributed by atoms with Crippen molar-refractivity contribution in [2.75, 3.05) is 0 Å². The molecule has 1 heterocycles. The Morgan fingerprint density at radius 1 is 1.38 bits per heavy atom. The standard InChI is InChI=1S/C10H18N2S/c1-4-8(5-2)12-9(6-3)7-11-10(12)13/h7-8H,4-6H2,1-3H3,(H,11,13). The molecule has 2 nitrogen and oxygen atoms in total. The molecule has 1 aromatic rings. The minimum Gasteiger partial charge on any atom is -0.337 e. The number of aryl methyl sites for hydroxylation is 1. The second-order valence-corrected chi connectivity index (χ2v) is 3.67. The van der Waals surface area contributed by atoms with Crippen molar-refractivity contribution in [1.29, 1.82) is 0 Å². The van der Waals surface area contributed by atoms with Gasteiger partial charge >= 0.3 is 0 Å². The second kappa shape index (κ2) is 4.61. The van der Waals surface area contributed by atoms with Crippen LogP contribution in [-0.4, -0.2) is 9.55 Å². The molecule has 1 rings (SSSR count). The van der Waals surface area contributed by atoms with Crippen LogP contribution in [0, 0.1) is 4.77 Å². The number of aromatic amines is 1. The van der Waals surface area contributed by atoms with E-state index in [4.69, 9.17) is 12.2 Å². The van der Waals surface area contributed by atoms with E-state index < -0.39 is 0 Å². The number of nitrogens with one attached hydrogen (secondary N) is 1. The van der Waals surface area contributed by atoms with Gasteiger partial charge in [-0.15, -0.1) is 0 Å². The van der Waals surface area contributed by atoms with Crippen molar-refractivity contribution in [3.05, 3.63) is 16.7 Å². The van der Waals surface area contributed by atoms with Crippen LogP contribution in [-0.2, 0) is 6.42 Å². The Bertz CT molecular complexity index is 307. The Hall–Kier alpha value is -0.570. The number of rotatable bonds is 4. The summed E-state index contributed by atoms with van der Waals surface area (Å²) in [6.07, 6.45) is 5.37. The average molecular weight is 198 g/mol. The van der Waals surface area contributed by atoms with E-state index in [0.717, 1.165) is 24.0 Å². The third-order valence-electron chi connectivity index (χ3n) is 2.56. The topological polar surface area (TPSA) is 20.7 Å². The normalized spacial score (nSPS) is 11.1. The van der Waals surface area contributed by atoms with Crippen molar-refractivity contribution in [1.82, 2.24) is 9.55 Å². The molecule has 0 fully saturated rings. The molecule has 0 spiro atoms. The fourth-order valence-electron chi connectivity index (χ4n) is 1.74. The zero-order chi connectivity index (χ0) is 9.84. The molecular weight excluding hydrogens is 180 g/mol. The lowest BCUT2D eigenvalue weighted by molar-refractivity contribution is 0.454. The molecule has 0 aliphatic rings. The summed E-state index contributed by atoms with van der Waals surface area (Å²) in [4.78, 5) is 3.12. The van der Waals surface area contributed by atoms with Gasteiger partial charge in [0, 0.05) is 17.9 Å². The minimum absolute atomic E-state index is 0.564. The van der Waals surface area contributed by atoms with E-state index in [2.05, 4.69) is 30.3 Å². The summed E-state index contributed by atoms with van der Waals surface area (Å²) >= 11 is 5.26. The zero-order valence-electron chi connectivity index (χ0n) is 8.63. The molecule has 3 heteroatoms. The van der Waals surface area contributed by atoms with Gasteiger partial charge in [-0.2, -0.15) is 0 Å². The number of hydrogen-bond acceptors (Lipinski definition) is 1. The minimum atomic E-state index is 0.564. The number of H-pyrrole nitrogens is 1. The van der Waals surface area contributed by atoms with Crippen LogP contribution in [0.25, 0.3) is 0 Å². The lowest BCUT2D eigenvalue weighted by atomic mass is 10.1. The lowest BCUT2D eigenvalue weighted by Crippen LogP contribution is -2.09. The highest BCUT2D eigenvalue weighted by Crippen LogP contribution is 2.18. The summed E-state index contributed by atoms with van der Waals surface area (Å²) < 4.78 is 3.13. The largest absolute Gasteiger partial charge is 0.337 e. The fourth-order valence-corrected chi connectivity index (χ4v) is 2.07. The first-order valence-corrected chi connectivity index (χ1v) is 5.44. The number of aromatic nitrogens is 2. The van der Waals surface area contributed by atoms with Gasteiger partial charge in [0.1, 0.15) is 0 Å². The highest BCUT2D eigenvalue weighted by atomic mass is 32.1. The van der Waals surface area contributed by atoms with Crippen LogP contribution < -0.4 is 0 Å². The summed E-state index contributed by atoms with van der Waals surface area (Å²) in [5.41, 5.74) is 1.32. The molecule has 0 saturated carbocycles. The number of nitrogens with zero attached hydrogens (tertiary/aromatic N) is 1. The van der Waals surface area contributed by atoms with E-state index in [1.165, 1.54) is 5.69 Å². The molecule has 0 aliphatic carbocycles. The first-order chi connectivity index (χ1) is 6.24. The van der Waals surface area contributed by atoms with Gasteiger partial charge in [0.05, 0.1) is 0 Å². The SMILES string of the molecule is CCc1c[nH]c(=S)n1C(CC)CC. The number of imidazole rings is 1. The molecule has 0 bridgehead atoms. The summed E-state index contributed by atoms with van der Waals surface area (Å²) in [5, 5.41) is 0. The smallest absolute Gasteiger partial charge is 0.177 e. The van der Waals surface area contributed by atoms with Gasteiger partial charge in [-0.25, -0.2) is 0 Å².